The first kappa shape index (κ1) is 29.7. The van der Waals surface area contributed by atoms with E-state index in [1.807, 2.05) is 0 Å². The Kier molecular flexibility index (Phi) is 9.16. The third-order valence-electron chi connectivity index (χ3n) is 7.92. The zero-order valence-electron chi connectivity index (χ0n) is 23.0. The largest absolute Gasteiger partial charge is 1.00 e. The van der Waals surface area contributed by atoms with Crippen LogP contribution in [-0.2, 0) is 21.0 Å². The van der Waals surface area contributed by atoms with E-state index in [0.717, 1.165) is 0 Å². The van der Waals surface area contributed by atoms with E-state index < -0.39 is 21.0 Å². The summed E-state index contributed by atoms with van der Waals surface area (Å²) in [7, 11) is 0. The topological polar surface area (TPSA) is 0 Å². The molecule has 0 radical (unpaired) electrons. The third-order valence-corrected chi connectivity index (χ3v) is 20.6. The van der Waals surface area contributed by atoms with Crippen LogP contribution in [0.5, 0.6) is 0 Å². The number of halogens is 2. The molecule has 0 N–H and O–H groups in total. The number of allylic oxidation sites excluding steroid dienone is 4. The average Bonchev–Trinajstić information content (AvgIpc) is 3.47. The van der Waals surface area contributed by atoms with E-state index in [4.69, 9.17) is 0 Å². The second-order valence-corrected chi connectivity index (χ2v) is 20.3. The summed E-state index contributed by atoms with van der Waals surface area (Å²) in [6.07, 6.45) is 5.18. The molecule has 2 aliphatic carbocycles. The van der Waals surface area contributed by atoms with Crippen LogP contribution in [-0.4, -0.2) is 3.26 Å². The predicted molar refractivity (Wildman–Crippen MR) is 155 cm³/mol. The van der Waals surface area contributed by atoms with Crippen molar-refractivity contribution in [2.45, 2.75) is 31.4 Å². The molecule has 6 rings (SSSR count). The maximum atomic E-state index is 2.63. The molecule has 0 saturated heterocycles. The fourth-order valence-corrected chi connectivity index (χ4v) is 20.0. The van der Waals surface area contributed by atoms with E-state index in [1.54, 1.807) is 6.58 Å². The van der Waals surface area contributed by atoms with Crippen LogP contribution in [0.25, 0.3) is 11.1 Å². The van der Waals surface area contributed by atoms with Crippen molar-refractivity contribution >= 4 is 3.26 Å². The van der Waals surface area contributed by atoms with E-state index in [-0.39, 0.29) is 30.2 Å². The molecule has 1 unspecified atom stereocenters. The standard InChI is InChI=1S/C13H9.C13H10.C10H15.2ClH.Hf/c1-3-7-12-10(5-1)9-11-6-2-4-8-13(11)12;1-3-7-12(8-4-1)11-13-9-5-2-6-10-13;1-8-5-6-9(7-8)10(2,3)4;;;/h1-9H;1-10H;6-8H,1-4H3;2*1H;/q;;;;;+2/p-2. The maximum absolute atomic E-state index is 2.91. The van der Waals surface area contributed by atoms with Gasteiger partial charge in [-0.3, -0.25) is 0 Å². The molecule has 0 bridgehead atoms. The Hall–Kier alpha value is -2.32. The normalized spacial score (nSPS) is 15.5. The summed E-state index contributed by atoms with van der Waals surface area (Å²) in [5, 5.41) is 0. The van der Waals surface area contributed by atoms with Crippen molar-refractivity contribution in [2.24, 2.45) is 11.3 Å². The number of rotatable bonds is 4. The molecule has 0 nitrogen and oxygen atoms in total. The third kappa shape index (κ3) is 5.51. The number of hydrogen-bond donors (Lipinski definition) is 0. The molecule has 0 fully saturated rings. The molecule has 2 aliphatic rings. The summed E-state index contributed by atoms with van der Waals surface area (Å²) in [6.45, 7) is 9.51. The molecular weight excluding hydrogens is 682 g/mol. The van der Waals surface area contributed by atoms with Gasteiger partial charge in [0.25, 0.3) is 0 Å². The van der Waals surface area contributed by atoms with Crippen LogP contribution in [0.15, 0.2) is 130 Å². The number of fused-ring (bicyclic) bond motifs is 3. The van der Waals surface area contributed by atoms with Crippen LogP contribution >= 0.6 is 0 Å². The van der Waals surface area contributed by atoms with Crippen molar-refractivity contribution in [3.8, 4) is 11.1 Å². The minimum atomic E-state index is -2.91. The van der Waals surface area contributed by atoms with Crippen LogP contribution in [0.2, 0.25) is 0 Å². The van der Waals surface area contributed by atoms with Crippen molar-refractivity contribution in [3.63, 3.8) is 0 Å². The van der Waals surface area contributed by atoms with Gasteiger partial charge < -0.3 is 24.8 Å². The smallest absolute Gasteiger partial charge is 1.00 e. The van der Waals surface area contributed by atoms with Gasteiger partial charge in [-0.05, 0) is 0 Å². The zero-order chi connectivity index (χ0) is 25.6. The van der Waals surface area contributed by atoms with Crippen LogP contribution in [0, 0.1) is 11.3 Å². The van der Waals surface area contributed by atoms with E-state index in [2.05, 4.69) is 149 Å². The summed E-state index contributed by atoms with van der Waals surface area (Å²) in [5.41, 5.74) is 10.4. The number of benzene rings is 4. The van der Waals surface area contributed by atoms with E-state index in [0.29, 0.717) is 9.59 Å². The van der Waals surface area contributed by atoms with Gasteiger partial charge in [0.15, 0.2) is 0 Å². The molecule has 0 saturated carbocycles. The first-order valence-corrected chi connectivity index (χ1v) is 19.1. The summed E-state index contributed by atoms with van der Waals surface area (Å²) in [6, 6.07) is 40.9. The molecule has 3 heteroatoms. The molecule has 1 atom stereocenters. The van der Waals surface area contributed by atoms with Gasteiger partial charge in [0, 0.05) is 0 Å². The van der Waals surface area contributed by atoms with Gasteiger partial charge in [-0.15, -0.1) is 0 Å². The summed E-state index contributed by atoms with van der Waals surface area (Å²) in [5.74, 6) is 0.471. The fraction of sp³-hybridized carbons (Fsp3) is 0.194. The molecule has 0 aliphatic heterocycles. The first-order chi connectivity index (χ1) is 17.9. The summed E-state index contributed by atoms with van der Waals surface area (Å²) < 4.78 is 3.83. The van der Waals surface area contributed by atoms with Gasteiger partial charge in [-0.2, -0.15) is 0 Å². The molecule has 4 aromatic rings. The zero-order valence-corrected chi connectivity index (χ0v) is 28.1. The Morgan fingerprint density at radius 3 is 1.49 bits per heavy atom. The minimum absolute atomic E-state index is 0. The quantitative estimate of drug-likeness (QED) is 0.285. The van der Waals surface area contributed by atoms with Crippen LogP contribution in [0.4, 0.5) is 0 Å². The molecule has 0 heterocycles. The second kappa shape index (κ2) is 12.0. The van der Waals surface area contributed by atoms with Gasteiger partial charge in [0.2, 0.25) is 0 Å². The molecular formula is C36H34Cl2Hf. The van der Waals surface area contributed by atoms with E-state index in [1.165, 1.54) is 39.0 Å². The second-order valence-electron chi connectivity index (χ2n) is 11.4. The van der Waals surface area contributed by atoms with Crippen molar-refractivity contribution < 1.29 is 45.8 Å². The summed E-state index contributed by atoms with van der Waals surface area (Å²) in [4.78, 5) is 0. The maximum Gasteiger partial charge on any atom is -1.00 e. The fourth-order valence-electron chi connectivity index (χ4n) is 6.10. The van der Waals surface area contributed by atoms with E-state index >= 15 is 0 Å². The van der Waals surface area contributed by atoms with Gasteiger partial charge in [-0.25, -0.2) is 0 Å². The molecule has 0 amide bonds. The average molecular weight is 716 g/mol. The SMILES string of the molecule is CC1C=C(C(C)(C)C)C=[C]1[Hf+2](=[C](c1ccccc1)c1ccccc1)[CH]1c2ccccc2-c2ccccc21.[Cl-].[Cl-]. The van der Waals surface area contributed by atoms with Crippen molar-refractivity contribution in [2.75, 3.05) is 0 Å². The molecule has 0 spiro atoms. The van der Waals surface area contributed by atoms with Crippen molar-refractivity contribution in [1.82, 2.24) is 0 Å². The minimum Gasteiger partial charge on any atom is -1.00 e. The van der Waals surface area contributed by atoms with E-state index in [9.17, 15) is 0 Å². The Labute approximate surface area is 253 Å². The Balaban J connectivity index is 0.00000176. The van der Waals surface area contributed by atoms with Crippen LogP contribution in [0.1, 0.15) is 53.6 Å². The monoisotopic (exact) mass is 716 g/mol. The van der Waals surface area contributed by atoms with Gasteiger partial charge >= 0.3 is 231 Å². The predicted octanol–water partition coefficient (Wildman–Crippen LogP) is 3.16. The number of hydrogen-bond acceptors (Lipinski definition) is 0. The van der Waals surface area contributed by atoms with Gasteiger partial charge in [0.1, 0.15) is 0 Å². The first-order valence-electron chi connectivity index (χ1n) is 13.4. The van der Waals surface area contributed by atoms with Gasteiger partial charge in [-0.1, -0.05) is 0 Å². The van der Waals surface area contributed by atoms with Crippen LogP contribution in [0.3, 0.4) is 0 Å². The Morgan fingerprint density at radius 1 is 0.615 bits per heavy atom. The van der Waals surface area contributed by atoms with Crippen molar-refractivity contribution in [1.29, 1.82) is 0 Å². The molecule has 39 heavy (non-hydrogen) atoms. The van der Waals surface area contributed by atoms with Crippen molar-refractivity contribution in [3.05, 3.63) is 153 Å². The molecule has 0 aromatic heterocycles. The van der Waals surface area contributed by atoms with Crippen LogP contribution < -0.4 is 24.8 Å². The van der Waals surface area contributed by atoms with Gasteiger partial charge in [0.05, 0.1) is 0 Å². The Bertz CT molecular complexity index is 1470. The molecule has 196 valence electrons. The Morgan fingerprint density at radius 2 is 1.05 bits per heavy atom. The summed E-state index contributed by atoms with van der Waals surface area (Å²) >= 11 is -2.91. The molecule has 4 aromatic carbocycles.